The quantitative estimate of drug-likeness (QED) is 0.534. The molecule has 1 aliphatic rings. The number of ether oxygens (including phenoxy) is 2. The molecule has 172 valence electrons. The van der Waals surface area contributed by atoms with Crippen molar-refractivity contribution in [2.75, 3.05) is 19.8 Å². The summed E-state index contributed by atoms with van der Waals surface area (Å²) in [6.45, 7) is 5.68. The second-order valence-corrected chi connectivity index (χ2v) is 7.89. The Hall–Kier alpha value is -3.52. The predicted molar refractivity (Wildman–Crippen MR) is 129 cm³/mol. The first kappa shape index (κ1) is 24.1. The molecular formula is C25H26N2O5S. The van der Waals surface area contributed by atoms with Gasteiger partial charge in [-0.1, -0.05) is 60.7 Å². The molecule has 0 aliphatic heterocycles. The summed E-state index contributed by atoms with van der Waals surface area (Å²) in [5.74, 6) is -0.105. The molecule has 0 unspecified atom stereocenters. The van der Waals surface area contributed by atoms with Crippen molar-refractivity contribution in [1.82, 2.24) is 9.03 Å². The molecule has 33 heavy (non-hydrogen) atoms. The zero-order chi connectivity index (χ0) is 23.8. The van der Waals surface area contributed by atoms with E-state index in [0.717, 1.165) is 28.8 Å². The number of nitrogens with zero attached hydrogens (tertiary/aromatic N) is 1. The van der Waals surface area contributed by atoms with Gasteiger partial charge in [-0.2, -0.15) is 0 Å². The summed E-state index contributed by atoms with van der Waals surface area (Å²) in [4.78, 5) is 38.1. The molecule has 2 amide bonds. The molecule has 0 saturated heterocycles. The topological polar surface area (TPSA) is 84.9 Å². The number of allylic oxidation sites excluding steroid dienone is 2. The van der Waals surface area contributed by atoms with Crippen molar-refractivity contribution in [2.45, 2.75) is 20.8 Å². The van der Waals surface area contributed by atoms with Crippen LogP contribution in [0, 0.1) is 0 Å². The van der Waals surface area contributed by atoms with Crippen molar-refractivity contribution in [1.29, 1.82) is 0 Å². The standard InChI is InChI=1S/C25H26N2O5S/c1-4-31-24(29)26-33-27(25(30)32-5-2)16-20-17(3)21(18-12-8-6-9-13-18)23(28)22(20)19-14-10-7-11-15-19/h6-15H,4-5,16H2,1-3H3,(H,26,29). The van der Waals surface area contributed by atoms with Crippen molar-refractivity contribution in [3.05, 3.63) is 82.9 Å². The summed E-state index contributed by atoms with van der Waals surface area (Å²) in [7, 11) is 0. The Morgan fingerprint density at radius 1 is 0.879 bits per heavy atom. The molecule has 2 aromatic carbocycles. The van der Waals surface area contributed by atoms with Crippen LogP contribution in [-0.4, -0.2) is 42.0 Å². The molecule has 3 rings (SSSR count). The third-order valence-corrected chi connectivity index (χ3v) is 5.75. The van der Waals surface area contributed by atoms with Gasteiger partial charge in [0.1, 0.15) is 0 Å². The molecular weight excluding hydrogens is 440 g/mol. The van der Waals surface area contributed by atoms with Crippen LogP contribution in [-0.2, 0) is 14.3 Å². The maximum atomic E-state index is 13.6. The van der Waals surface area contributed by atoms with Crippen molar-refractivity contribution in [2.24, 2.45) is 0 Å². The van der Waals surface area contributed by atoms with Crippen LogP contribution in [0.3, 0.4) is 0 Å². The van der Waals surface area contributed by atoms with Crippen LogP contribution in [0.15, 0.2) is 71.8 Å². The molecule has 2 aromatic rings. The first-order valence-electron chi connectivity index (χ1n) is 10.6. The van der Waals surface area contributed by atoms with Crippen LogP contribution in [0.4, 0.5) is 9.59 Å². The van der Waals surface area contributed by atoms with Crippen LogP contribution in [0.1, 0.15) is 31.9 Å². The minimum Gasteiger partial charge on any atom is -0.449 e. The second-order valence-electron chi connectivity index (χ2n) is 7.06. The first-order chi connectivity index (χ1) is 16.0. The Bertz CT molecular complexity index is 1080. The number of rotatable bonds is 8. The summed E-state index contributed by atoms with van der Waals surface area (Å²) in [5.41, 5.74) is 4.15. The van der Waals surface area contributed by atoms with Crippen molar-refractivity contribution < 1.29 is 23.9 Å². The van der Waals surface area contributed by atoms with E-state index >= 15 is 0 Å². The molecule has 0 bridgehead atoms. The molecule has 1 N–H and O–H groups in total. The number of carbonyl (C=O) groups excluding carboxylic acids is 3. The molecule has 8 heteroatoms. The minimum absolute atomic E-state index is 0.0496. The maximum absolute atomic E-state index is 13.6. The van der Waals surface area contributed by atoms with E-state index in [9.17, 15) is 14.4 Å². The van der Waals surface area contributed by atoms with Gasteiger partial charge in [0, 0.05) is 11.1 Å². The molecule has 0 atom stereocenters. The zero-order valence-corrected chi connectivity index (χ0v) is 19.6. The number of carbonyl (C=O) groups is 3. The van der Waals surface area contributed by atoms with Gasteiger partial charge >= 0.3 is 12.2 Å². The maximum Gasteiger partial charge on any atom is 0.421 e. The highest BCUT2D eigenvalue weighted by atomic mass is 32.2. The number of benzene rings is 2. The second kappa shape index (κ2) is 11.4. The first-order valence-corrected chi connectivity index (χ1v) is 11.4. The monoisotopic (exact) mass is 466 g/mol. The zero-order valence-electron chi connectivity index (χ0n) is 18.8. The normalized spacial score (nSPS) is 13.2. The van der Waals surface area contributed by atoms with E-state index in [-0.39, 0.29) is 25.5 Å². The van der Waals surface area contributed by atoms with Crippen LogP contribution in [0.2, 0.25) is 0 Å². The van der Waals surface area contributed by atoms with Gasteiger partial charge in [0.2, 0.25) is 0 Å². The average molecular weight is 467 g/mol. The van der Waals surface area contributed by atoms with Crippen LogP contribution in [0.5, 0.6) is 0 Å². The SMILES string of the molecule is CCOC(=O)NSN(CC1=C(c2ccccc2)C(=O)C(c2ccccc2)=C1C)C(=O)OCC. The largest absolute Gasteiger partial charge is 0.449 e. The number of hydrogen-bond acceptors (Lipinski definition) is 6. The summed E-state index contributed by atoms with van der Waals surface area (Å²) in [6.07, 6.45) is -1.30. The third kappa shape index (κ3) is 5.64. The van der Waals surface area contributed by atoms with E-state index in [1.54, 1.807) is 13.8 Å². The average Bonchev–Trinajstić information content (AvgIpc) is 3.07. The number of ketones is 1. The van der Waals surface area contributed by atoms with Gasteiger partial charge in [-0.05, 0) is 43.0 Å². The molecule has 0 saturated carbocycles. The predicted octanol–water partition coefficient (Wildman–Crippen LogP) is 5.26. The molecule has 1 aliphatic carbocycles. The number of Topliss-reactive ketones (excluding diaryl/α,β-unsaturated/α-hetero) is 1. The highest BCUT2D eigenvalue weighted by Gasteiger charge is 2.34. The molecule has 0 fully saturated rings. The van der Waals surface area contributed by atoms with Crippen LogP contribution >= 0.6 is 12.1 Å². The fourth-order valence-corrected chi connectivity index (χ4v) is 4.12. The fourth-order valence-electron chi connectivity index (χ4n) is 3.56. The third-order valence-electron chi connectivity index (χ3n) is 5.00. The lowest BCUT2D eigenvalue weighted by molar-refractivity contribution is -0.108. The molecule has 0 heterocycles. The van der Waals surface area contributed by atoms with Crippen LogP contribution in [0.25, 0.3) is 11.1 Å². The van der Waals surface area contributed by atoms with E-state index in [2.05, 4.69) is 4.72 Å². The lowest BCUT2D eigenvalue weighted by Crippen LogP contribution is -2.33. The Labute approximate surface area is 197 Å². The van der Waals surface area contributed by atoms with Crippen molar-refractivity contribution >= 4 is 41.2 Å². The molecule has 7 nitrogen and oxygen atoms in total. The van der Waals surface area contributed by atoms with Gasteiger partial charge in [-0.25, -0.2) is 18.6 Å². The van der Waals surface area contributed by atoms with E-state index in [1.807, 2.05) is 67.6 Å². The summed E-state index contributed by atoms with van der Waals surface area (Å²) >= 11 is 0.768. The highest BCUT2D eigenvalue weighted by Crippen LogP contribution is 2.41. The van der Waals surface area contributed by atoms with Gasteiger partial charge < -0.3 is 9.47 Å². The Morgan fingerprint density at radius 3 is 1.97 bits per heavy atom. The van der Waals surface area contributed by atoms with E-state index in [0.29, 0.717) is 16.7 Å². The Morgan fingerprint density at radius 2 is 1.42 bits per heavy atom. The fraction of sp³-hybridized carbons (Fsp3) is 0.240. The number of nitrogens with one attached hydrogen (secondary N) is 1. The lowest BCUT2D eigenvalue weighted by atomic mass is 9.96. The van der Waals surface area contributed by atoms with Crippen molar-refractivity contribution in [3.63, 3.8) is 0 Å². The van der Waals surface area contributed by atoms with E-state index in [1.165, 1.54) is 4.31 Å². The Kier molecular flexibility index (Phi) is 8.32. The van der Waals surface area contributed by atoms with Gasteiger partial charge in [0.05, 0.1) is 31.9 Å². The molecule has 0 spiro atoms. The summed E-state index contributed by atoms with van der Waals surface area (Å²) in [6, 6.07) is 18.8. The summed E-state index contributed by atoms with van der Waals surface area (Å²) in [5, 5.41) is 0. The van der Waals surface area contributed by atoms with Gasteiger partial charge in [-0.3, -0.25) is 4.79 Å². The smallest absolute Gasteiger partial charge is 0.421 e. The summed E-state index contributed by atoms with van der Waals surface area (Å²) < 4.78 is 13.8. The van der Waals surface area contributed by atoms with E-state index in [4.69, 9.17) is 9.47 Å². The van der Waals surface area contributed by atoms with Crippen LogP contribution < -0.4 is 4.72 Å². The highest BCUT2D eigenvalue weighted by molar-refractivity contribution is 7.96. The van der Waals surface area contributed by atoms with Gasteiger partial charge in [-0.15, -0.1) is 0 Å². The van der Waals surface area contributed by atoms with Gasteiger partial charge in [0.15, 0.2) is 5.78 Å². The lowest BCUT2D eigenvalue weighted by Gasteiger charge is -2.22. The molecule has 0 radical (unpaired) electrons. The van der Waals surface area contributed by atoms with E-state index < -0.39 is 12.2 Å². The Balaban J connectivity index is 2.02. The van der Waals surface area contributed by atoms with Crippen molar-refractivity contribution in [3.8, 4) is 0 Å². The molecule has 0 aromatic heterocycles. The number of hydrogen-bond donors (Lipinski definition) is 1. The number of amides is 2. The minimum atomic E-state index is -0.672. The van der Waals surface area contributed by atoms with Gasteiger partial charge in [0.25, 0.3) is 0 Å².